The number of benzene rings is 2. The number of para-hydroxylation sites is 1. The number of fused-ring (bicyclic) bond motifs is 1. The zero-order chi connectivity index (χ0) is 16.4. The van der Waals surface area contributed by atoms with E-state index in [1.807, 2.05) is 50.2 Å². The van der Waals surface area contributed by atoms with E-state index in [0.717, 1.165) is 46.7 Å². The summed E-state index contributed by atoms with van der Waals surface area (Å²) in [4.78, 5) is 14.4. The lowest BCUT2D eigenvalue weighted by molar-refractivity contribution is -0.120. The fourth-order valence-corrected chi connectivity index (χ4v) is 3.15. The van der Waals surface area contributed by atoms with Crippen molar-refractivity contribution in [3.8, 4) is 5.75 Å². The Hall–Kier alpha value is -2.20. The zero-order valence-electron chi connectivity index (χ0n) is 14.0. The molecule has 0 saturated heterocycles. The summed E-state index contributed by atoms with van der Waals surface area (Å²) in [5, 5.41) is 0. The average molecular weight is 347 g/mol. The van der Waals surface area contributed by atoms with E-state index in [1.165, 1.54) is 0 Å². The summed E-state index contributed by atoms with van der Waals surface area (Å²) in [6.07, 6.45) is 1.85. The summed E-state index contributed by atoms with van der Waals surface area (Å²) < 4.78 is 5.81. The van der Waals surface area contributed by atoms with Gasteiger partial charge in [0, 0.05) is 17.9 Å². The summed E-state index contributed by atoms with van der Waals surface area (Å²) >= 11 is 0. The third kappa shape index (κ3) is 3.49. The van der Waals surface area contributed by atoms with E-state index in [2.05, 4.69) is 0 Å². The number of nitrogens with zero attached hydrogens (tertiary/aromatic N) is 1. The summed E-state index contributed by atoms with van der Waals surface area (Å²) in [5.41, 5.74) is 10.9. The van der Waals surface area contributed by atoms with Gasteiger partial charge in [-0.15, -0.1) is 12.4 Å². The Bertz CT molecular complexity index is 726. The maximum absolute atomic E-state index is 12.6. The number of amides is 1. The Morgan fingerprint density at radius 3 is 2.54 bits per heavy atom. The van der Waals surface area contributed by atoms with Crippen molar-refractivity contribution in [2.45, 2.75) is 26.7 Å². The van der Waals surface area contributed by atoms with Crippen LogP contribution in [0.1, 0.15) is 23.1 Å². The molecule has 3 rings (SSSR count). The SMILES string of the molecule is Cc1cccc(C)c1OCC(=O)N1CCCc2c(N)cccc21.Cl. The molecule has 128 valence electrons. The van der Waals surface area contributed by atoms with E-state index >= 15 is 0 Å². The van der Waals surface area contributed by atoms with Crippen molar-refractivity contribution in [2.24, 2.45) is 0 Å². The highest BCUT2D eigenvalue weighted by Crippen LogP contribution is 2.31. The van der Waals surface area contributed by atoms with E-state index in [1.54, 1.807) is 4.90 Å². The van der Waals surface area contributed by atoms with Crippen LogP contribution in [0.15, 0.2) is 36.4 Å². The highest BCUT2D eigenvalue weighted by Gasteiger charge is 2.24. The molecular formula is C19H23ClN2O2. The quantitative estimate of drug-likeness (QED) is 0.863. The van der Waals surface area contributed by atoms with Crippen LogP contribution < -0.4 is 15.4 Å². The summed E-state index contributed by atoms with van der Waals surface area (Å²) in [6, 6.07) is 11.7. The minimum atomic E-state index is -0.0285. The number of ether oxygens (including phenoxy) is 1. The number of halogens is 1. The number of carbonyl (C=O) groups excluding carboxylic acids is 1. The monoisotopic (exact) mass is 346 g/mol. The normalized spacial score (nSPS) is 13.0. The van der Waals surface area contributed by atoms with Crippen LogP contribution in [0.4, 0.5) is 11.4 Å². The summed E-state index contributed by atoms with van der Waals surface area (Å²) in [5.74, 6) is 0.768. The van der Waals surface area contributed by atoms with Gasteiger partial charge in [0.2, 0.25) is 0 Å². The lowest BCUT2D eigenvalue weighted by Gasteiger charge is -2.30. The standard InChI is InChI=1S/C19H22N2O2.ClH/c1-13-6-3-7-14(2)19(13)23-12-18(22)21-11-5-8-15-16(20)9-4-10-17(15)21;/h3-4,6-7,9-10H,5,8,11-12,20H2,1-2H3;1H. The number of anilines is 2. The third-order valence-electron chi connectivity index (χ3n) is 4.34. The Kier molecular flexibility index (Phi) is 5.73. The molecule has 1 aliphatic heterocycles. The van der Waals surface area contributed by atoms with Crippen molar-refractivity contribution < 1.29 is 9.53 Å². The molecule has 1 heterocycles. The van der Waals surface area contributed by atoms with Crippen molar-refractivity contribution in [1.29, 1.82) is 0 Å². The van der Waals surface area contributed by atoms with Gasteiger partial charge in [-0.25, -0.2) is 0 Å². The Labute approximate surface area is 149 Å². The molecule has 2 aromatic carbocycles. The molecule has 2 aromatic rings. The smallest absolute Gasteiger partial charge is 0.264 e. The Morgan fingerprint density at radius 1 is 1.17 bits per heavy atom. The van der Waals surface area contributed by atoms with E-state index in [-0.39, 0.29) is 24.9 Å². The molecule has 0 aliphatic carbocycles. The van der Waals surface area contributed by atoms with Gasteiger partial charge in [0.05, 0.1) is 0 Å². The number of hydrogen-bond acceptors (Lipinski definition) is 3. The van der Waals surface area contributed by atoms with Crippen LogP contribution in [0.25, 0.3) is 0 Å². The molecule has 0 atom stereocenters. The van der Waals surface area contributed by atoms with Gasteiger partial charge >= 0.3 is 0 Å². The van der Waals surface area contributed by atoms with E-state index in [0.29, 0.717) is 6.54 Å². The number of aryl methyl sites for hydroxylation is 2. The average Bonchev–Trinajstić information content (AvgIpc) is 2.54. The van der Waals surface area contributed by atoms with Crippen LogP contribution >= 0.6 is 12.4 Å². The van der Waals surface area contributed by atoms with Gasteiger partial charge in [-0.3, -0.25) is 4.79 Å². The van der Waals surface area contributed by atoms with Crippen molar-refractivity contribution >= 4 is 29.7 Å². The molecule has 0 bridgehead atoms. The van der Waals surface area contributed by atoms with Gasteiger partial charge in [-0.2, -0.15) is 0 Å². The van der Waals surface area contributed by atoms with Crippen LogP contribution in [-0.4, -0.2) is 19.1 Å². The molecular weight excluding hydrogens is 324 g/mol. The van der Waals surface area contributed by atoms with Crippen molar-refractivity contribution in [3.63, 3.8) is 0 Å². The number of hydrogen-bond donors (Lipinski definition) is 1. The first-order chi connectivity index (χ1) is 11.1. The summed E-state index contributed by atoms with van der Waals surface area (Å²) in [7, 11) is 0. The molecule has 0 radical (unpaired) electrons. The molecule has 2 N–H and O–H groups in total. The van der Waals surface area contributed by atoms with Gasteiger partial charge in [0.1, 0.15) is 5.75 Å². The maximum Gasteiger partial charge on any atom is 0.264 e. The molecule has 0 spiro atoms. The van der Waals surface area contributed by atoms with Crippen LogP contribution in [0.2, 0.25) is 0 Å². The topological polar surface area (TPSA) is 55.6 Å². The van der Waals surface area contributed by atoms with Gasteiger partial charge in [0.25, 0.3) is 5.91 Å². The van der Waals surface area contributed by atoms with Crippen LogP contribution in [0.5, 0.6) is 5.75 Å². The molecule has 0 unspecified atom stereocenters. The summed E-state index contributed by atoms with van der Waals surface area (Å²) in [6.45, 7) is 4.73. The van der Waals surface area contributed by atoms with E-state index in [4.69, 9.17) is 10.5 Å². The van der Waals surface area contributed by atoms with E-state index < -0.39 is 0 Å². The molecule has 1 amide bonds. The highest BCUT2D eigenvalue weighted by atomic mass is 35.5. The van der Waals surface area contributed by atoms with Crippen molar-refractivity contribution in [2.75, 3.05) is 23.8 Å². The molecule has 0 aromatic heterocycles. The minimum absolute atomic E-state index is 0. The second-order valence-corrected chi connectivity index (χ2v) is 6.00. The first-order valence-corrected chi connectivity index (χ1v) is 7.94. The van der Waals surface area contributed by atoms with Gasteiger partial charge in [-0.1, -0.05) is 24.3 Å². The minimum Gasteiger partial charge on any atom is -0.483 e. The number of carbonyl (C=O) groups is 1. The Balaban J connectivity index is 0.00000208. The molecule has 24 heavy (non-hydrogen) atoms. The second-order valence-electron chi connectivity index (χ2n) is 6.00. The van der Waals surface area contributed by atoms with E-state index in [9.17, 15) is 4.79 Å². The maximum atomic E-state index is 12.6. The van der Waals surface area contributed by atoms with Crippen LogP contribution in [0, 0.1) is 13.8 Å². The molecule has 4 nitrogen and oxygen atoms in total. The number of nitrogen functional groups attached to an aromatic ring is 1. The second kappa shape index (κ2) is 7.58. The highest BCUT2D eigenvalue weighted by molar-refractivity contribution is 5.96. The number of rotatable bonds is 3. The third-order valence-corrected chi connectivity index (χ3v) is 4.34. The largest absolute Gasteiger partial charge is 0.483 e. The van der Waals surface area contributed by atoms with Crippen LogP contribution in [0.3, 0.4) is 0 Å². The zero-order valence-corrected chi connectivity index (χ0v) is 14.9. The lowest BCUT2D eigenvalue weighted by atomic mass is 10.00. The first-order valence-electron chi connectivity index (χ1n) is 7.94. The fourth-order valence-electron chi connectivity index (χ4n) is 3.15. The molecule has 0 fully saturated rings. The van der Waals surface area contributed by atoms with Crippen molar-refractivity contribution in [3.05, 3.63) is 53.1 Å². The predicted octanol–water partition coefficient (Wildman–Crippen LogP) is 3.67. The van der Waals surface area contributed by atoms with Gasteiger partial charge < -0.3 is 15.4 Å². The fraction of sp³-hybridized carbons (Fsp3) is 0.316. The predicted molar refractivity (Wildman–Crippen MR) is 100 cm³/mol. The van der Waals surface area contributed by atoms with Gasteiger partial charge in [-0.05, 0) is 55.5 Å². The van der Waals surface area contributed by atoms with Crippen LogP contribution in [-0.2, 0) is 11.2 Å². The van der Waals surface area contributed by atoms with Gasteiger partial charge in [0.15, 0.2) is 6.61 Å². The van der Waals surface area contributed by atoms with Crippen molar-refractivity contribution in [1.82, 2.24) is 0 Å². The lowest BCUT2D eigenvalue weighted by Crippen LogP contribution is -2.39. The molecule has 0 saturated carbocycles. The first kappa shape index (κ1) is 18.1. The molecule has 5 heteroatoms. The molecule has 1 aliphatic rings. The Morgan fingerprint density at radius 2 is 1.83 bits per heavy atom. The number of nitrogens with two attached hydrogens (primary N) is 1.